The van der Waals surface area contributed by atoms with Crippen LogP contribution in [-0.2, 0) is 6.42 Å². The molecule has 0 saturated heterocycles. The number of nitrogens with zero attached hydrogens (tertiary/aromatic N) is 1. The van der Waals surface area contributed by atoms with Crippen molar-refractivity contribution < 1.29 is 4.42 Å². The fraction of sp³-hybridized carbons (Fsp3) is 0.417. The molecular formula is C12H14N2OS. The van der Waals surface area contributed by atoms with Gasteiger partial charge in [-0.3, -0.25) is 0 Å². The maximum absolute atomic E-state index is 5.69. The van der Waals surface area contributed by atoms with Gasteiger partial charge >= 0.3 is 0 Å². The molecule has 1 N–H and O–H groups in total. The van der Waals surface area contributed by atoms with E-state index >= 15 is 0 Å². The zero-order valence-corrected chi connectivity index (χ0v) is 9.80. The minimum Gasteiger partial charge on any atom is -0.441 e. The van der Waals surface area contributed by atoms with E-state index in [9.17, 15) is 0 Å². The van der Waals surface area contributed by atoms with Crippen LogP contribution < -0.4 is 5.32 Å². The van der Waals surface area contributed by atoms with Gasteiger partial charge in [-0.25, -0.2) is 4.98 Å². The molecule has 0 aromatic carbocycles. The molecule has 0 bridgehead atoms. The molecule has 0 aliphatic heterocycles. The van der Waals surface area contributed by atoms with Gasteiger partial charge < -0.3 is 9.73 Å². The van der Waals surface area contributed by atoms with Crippen molar-refractivity contribution in [1.82, 2.24) is 10.3 Å². The molecule has 0 amide bonds. The van der Waals surface area contributed by atoms with E-state index in [4.69, 9.17) is 4.42 Å². The van der Waals surface area contributed by atoms with Crippen molar-refractivity contribution in [3.8, 4) is 11.3 Å². The SMILES string of the molecule is c1cc(-c2cnc(CCNC3CC3)o2)cs1. The van der Waals surface area contributed by atoms with Crippen LogP contribution in [0.15, 0.2) is 27.4 Å². The van der Waals surface area contributed by atoms with Crippen LogP contribution in [0.2, 0.25) is 0 Å². The molecule has 4 heteroatoms. The third-order valence-electron chi connectivity index (χ3n) is 2.71. The minimum absolute atomic E-state index is 0.756. The van der Waals surface area contributed by atoms with Crippen LogP contribution in [0.5, 0.6) is 0 Å². The Morgan fingerprint density at radius 2 is 2.44 bits per heavy atom. The third-order valence-corrected chi connectivity index (χ3v) is 3.39. The Morgan fingerprint density at radius 1 is 1.50 bits per heavy atom. The van der Waals surface area contributed by atoms with E-state index in [-0.39, 0.29) is 0 Å². The zero-order chi connectivity index (χ0) is 10.8. The fourth-order valence-electron chi connectivity index (χ4n) is 1.63. The van der Waals surface area contributed by atoms with E-state index in [0.29, 0.717) is 0 Å². The molecule has 0 atom stereocenters. The number of thiophene rings is 1. The molecule has 2 aromatic rings. The van der Waals surface area contributed by atoms with E-state index in [1.807, 2.05) is 11.6 Å². The summed E-state index contributed by atoms with van der Waals surface area (Å²) in [4.78, 5) is 4.29. The van der Waals surface area contributed by atoms with Crippen molar-refractivity contribution in [3.63, 3.8) is 0 Å². The summed E-state index contributed by atoms with van der Waals surface area (Å²) in [5.74, 6) is 1.71. The van der Waals surface area contributed by atoms with Gasteiger partial charge in [0.25, 0.3) is 0 Å². The van der Waals surface area contributed by atoms with Crippen LogP contribution >= 0.6 is 11.3 Å². The van der Waals surface area contributed by atoms with Gasteiger partial charge in [0, 0.05) is 30.0 Å². The Bertz CT molecular complexity index is 445. The molecule has 3 rings (SSSR count). The van der Waals surface area contributed by atoms with Crippen molar-refractivity contribution in [2.24, 2.45) is 0 Å². The Labute approximate surface area is 98.5 Å². The van der Waals surface area contributed by atoms with Crippen LogP contribution in [0, 0.1) is 0 Å². The maximum Gasteiger partial charge on any atom is 0.196 e. The largest absolute Gasteiger partial charge is 0.441 e. The molecule has 0 unspecified atom stereocenters. The second-order valence-electron chi connectivity index (χ2n) is 4.11. The number of hydrogen-bond donors (Lipinski definition) is 1. The van der Waals surface area contributed by atoms with E-state index < -0.39 is 0 Å². The van der Waals surface area contributed by atoms with Crippen molar-refractivity contribution in [2.75, 3.05) is 6.54 Å². The summed E-state index contributed by atoms with van der Waals surface area (Å²) in [5.41, 5.74) is 1.12. The molecule has 1 saturated carbocycles. The van der Waals surface area contributed by atoms with E-state index in [1.165, 1.54) is 12.8 Å². The number of aromatic nitrogens is 1. The maximum atomic E-state index is 5.69. The van der Waals surface area contributed by atoms with Crippen LogP contribution in [-0.4, -0.2) is 17.6 Å². The van der Waals surface area contributed by atoms with Gasteiger partial charge in [0.2, 0.25) is 0 Å². The summed E-state index contributed by atoms with van der Waals surface area (Å²) in [6.45, 7) is 0.967. The first-order chi connectivity index (χ1) is 7.92. The van der Waals surface area contributed by atoms with Gasteiger partial charge in [0.15, 0.2) is 11.7 Å². The summed E-state index contributed by atoms with van der Waals surface area (Å²) in [5, 5.41) is 7.58. The Hall–Kier alpha value is -1.13. The highest BCUT2D eigenvalue weighted by Gasteiger charge is 2.19. The average Bonchev–Trinajstić information content (AvgIpc) is 2.83. The molecular weight excluding hydrogens is 220 g/mol. The van der Waals surface area contributed by atoms with Crippen molar-refractivity contribution in [1.29, 1.82) is 0 Å². The number of hydrogen-bond acceptors (Lipinski definition) is 4. The lowest BCUT2D eigenvalue weighted by atomic mass is 10.3. The highest BCUT2D eigenvalue weighted by atomic mass is 32.1. The molecule has 2 aromatic heterocycles. The molecule has 0 spiro atoms. The Balaban J connectivity index is 1.59. The second kappa shape index (κ2) is 4.39. The molecule has 1 aliphatic rings. The molecule has 1 fully saturated rings. The number of oxazole rings is 1. The molecule has 2 heterocycles. The predicted octanol–water partition coefficient (Wildman–Crippen LogP) is 2.70. The lowest BCUT2D eigenvalue weighted by molar-refractivity contribution is 0.494. The van der Waals surface area contributed by atoms with Crippen molar-refractivity contribution >= 4 is 11.3 Å². The second-order valence-corrected chi connectivity index (χ2v) is 4.89. The smallest absolute Gasteiger partial charge is 0.196 e. The average molecular weight is 234 g/mol. The highest BCUT2D eigenvalue weighted by Crippen LogP contribution is 2.23. The lowest BCUT2D eigenvalue weighted by Crippen LogP contribution is -2.19. The van der Waals surface area contributed by atoms with Gasteiger partial charge in [-0.2, -0.15) is 11.3 Å². The lowest BCUT2D eigenvalue weighted by Gasteiger charge is -1.98. The van der Waals surface area contributed by atoms with Crippen molar-refractivity contribution in [3.05, 3.63) is 28.9 Å². The highest BCUT2D eigenvalue weighted by molar-refractivity contribution is 7.08. The number of rotatable bonds is 5. The first-order valence-corrected chi connectivity index (χ1v) is 6.57. The van der Waals surface area contributed by atoms with E-state index in [1.54, 1.807) is 11.3 Å². The van der Waals surface area contributed by atoms with Crippen LogP contribution in [0.4, 0.5) is 0 Å². The van der Waals surface area contributed by atoms with Crippen LogP contribution in [0.1, 0.15) is 18.7 Å². The van der Waals surface area contributed by atoms with Gasteiger partial charge in [0.05, 0.1) is 6.20 Å². The minimum atomic E-state index is 0.756. The molecule has 3 nitrogen and oxygen atoms in total. The first kappa shape index (κ1) is 10.1. The normalized spacial score (nSPS) is 15.5. The van der Waals surface area contributed by atoms with Gasteiger partial charge in [-0.05, 0) is 24.3 Å². The van der Waals surface area contributed by atoms with E-state index in [2.05, 4.69) is 21.7 Å². The monoisotopic (exact) mass is 234 g/mol. The Morgan fingerprint density at radius 3 is 3.19 bits per heavy atom. The van der Waals surface area contributed by atoms with Crippen molar-refractivity contribution in [2.45, 2.75) is 25.3 Å². The summed E-state index contributed by atoms with van der Waals surface area (Å²) in [6, 6.07) is 2.81. The molecule has 1 aliphatic carbocycles. The van der Waals surface area contributed by atoms with Gasteiger partial charge in [-0.1, -0.05) is 0 Å². The predicted molar refractivity (Wildman–Crippen MR) is 64.5 cm³/mol. The summed E-state index contributed by atoms with van der Waals surface area (Å²) in [7, 11) is 0. The van der Waals surface area contributed by atoms with Crippen LogP contribution in [0.25, 0.3) is 11.3 Å². The molecule has 84 valence electrons. The molecule has 16 heavy (non-hydrogen) atoms. The summed E-state index contributed by atoms with van der Waals surface area (Å²) >= 11 is 1.67. The zero-order valence-electron chi connectivity index (χ0n) is 8.98. The summed E-state index contributed by atoms with van der Waals surface area (Å²) < 4.78 is 5.69. The quantitative estimate of drug-likeness (QED) is 0.864. The summed E-state index contributed by atoms with van der Waals surface area (Å²) in [6.07, 6.45) is 5.34. The van der Waals surface area contributed by atoms with Crippen LogP contribution in [0.3, 0.4) is 0 Å². The van der Waals surface area contributed by atoms with Gasteiger partial charge in [-0.15, -0.1) is 0 Å². The topological polar surface area (TPSA) is 38.1 Å². The standard InChI is InChI=1S/C12H14N2OS/c1-2-10(1)13-5-3-12-14-7-11(15-12)9-4-6-16-8-9/h4,6-8,10,13H,1-3,5H2. The fourth-order valence-corrected chi connectivity index (χ4v) is 2.28. The third kappa shape index (κ3) is 2.33. The van der Waals surface area contributed by atoms with E-state index in [0.717, 1.165) is 36.2 Å². The first-order valence-electron chi connectivity index (χ1n) is 5.62. The molecule has 0 radical (unpaired) electrons. The Kier molecular flexibility index (Phi) is 2.76. The number of nitrogens with one attached hydrogen (secondary N) is 1. The van der Waals surface area contributed by atoms with Gasteiger partial charge in [0.1, 0.15) is 0 Å².